The third kappa shape index (κ3) is 5.95. The summed E-state index contributed by atoms with van der Waals surface area (Å²) in [4.78, 5) is 10.0. The summed E-state index contributed by atoms with van der Waals surface area (Å²) in [6.45, 7) is 9.72. The van der Waals surface area contributed by atoms with Crippen molar-refractivity contribution in [3.63, 3.8) is 0 Å². The second kappa shape index (κ2) is 13.3. The molecular weight excluding hydrogens is 625 g/mol. The Labute approximate surface area is 300 Å². The van der Waals surface area contributed by atoms with E-state index in [-0.39, 0.29) is 17.6 Å². The Hall–Kier alpha value is -6.07. The number of hydrogen-bond donors (Lipinski definition) is 1. The Morgan fingerprint density at radius 1 is 0.549 bits per heavy atom. The lowest BCUT2D eigenvalue weighted by molar-refractivity contribution is 0.477. The van der Waals surface area contributed by atoms with Crippen LogP contribution in [-0.2, 0) is 0 Å². The zero-order valence-electron chi connectivity index (χ0n) is 29.5. The third-order valence-electron chi connectivity index (χ3n) is 9.88. The summed E-state index contributed by atoms with van der Waals surface area (Å²) in [6.07, 6.45) is 2.16. The van der Waals surface area contributed by atoms with E-state index in [0.717, 1.165) is 28.3 Å². The van der Waals surface area contributed by atoms with Crippen LogP contribution in [0.2, 0.25) is 0 Å². The molecule has 2 heterocycles. The highest BCUT2D eigenvalue weighted by Crippen LogP contribution is 2.45. The van der Waals surface area contributed by atoms with Crippen molar-refractivity contribution in [1.29, 1.82) is 0 Å². The van der Waals surface area contributed by atoms with E-state index in [4.69, 9.17) is 4.98 Å². The van der Waals surface area contributed by atoms with Crippen molar-refractivity contribution in [2.75, 3.05) is 16.5 Å². The van der Waals surface area contributed by atoms with E-state index < -0.39 is 0 Å². The fourth-order valence-corrected chi connectivity index (χ4v) is 7.28. The first-order chi connectivity index (χ1) is 24.9. The predicted molar refractivity (Wildman–Crippen MR) is 212 cm³/mol. The van der Waals surface area contributed by atoms with Crippen LogP contribution in [-0.4, -0.2) is 21.3 Å². The summed E-state index contributed by atoms with van der Waals surface area (Å²) < 4.78 is 2.22. The van der Waals surface area contributed by atoms with Gasteiger partial charge in [0.1, 0.15) is 18.2 Å². The van der Waals surface area contributed by atoms with Gasteiger partial charge in [-0.3, -0.25) is 4.57 Å². The fourth-order valence-electron chi connectivity index (χ4n) is 7.28. The molecule has 7 aromatic rings. The van der Waals surface area contributed by atoms with Gasteiger partial charge in [0, 0.05) is 23.1 Å². The maximum atomic E-state index is 11.2. The van der Waals surface area contributed by atoms with Crippen molar-refractivity contribution in [2.24, 2.45) is 0 Å². The van der Waals surface area contributed by atoms with Crippen molar-refractivity contribution in [2.45, 2.75) is 39.5 Å². The first kappa shape index (κ1) is 32.2. The molecule has 0 fully saturated rings. The summed E-state index contributed by atoms with van der Waals surface area (Å²) in [7, 11) is 0. The van der Waals surface area contributed by atoms with Crippen molar-refractivity contribution in [3.8, 4) is 45.2 Å². The molecule has 0 spiro atoms. The molecule has 0 atom stereocenters. The second-order valence-electron chi connectivity index (χ2n) is 13.9. The molecule has 6 aromatic carbocycles. The van der Waals surface area contributed by atoms with Crippen LogP contribution < -0.4 is 9.80 Å². The van der Waals surface area contributed by atoms with E-state index in [1.807, 2.05) is 18.2 Å². The number of para-hydroxylation sites is 4. The van der Waals surface area contributed by atoms with Crippen LogP contribution in [0.4, 0.5) is 22.7 Å². The highest BCUT2D eigenvalue weighted by molar-refractivity contribution is 5.88. The minimum atomic E-state index is 0.206. The van der Waals surface area contributed by atoms with E-state index in [9.17, 15) is 5.11 Å². The molecule has 51 heavy (non-hydrogen) atoms. The molecule has 1 aliphatic rings. The number of phenols is 1. The number of aromatic nitrogens is 2. The molecule has 0 bridgehead atoms. The number of fused-ring (bicyclic) bond motifs is 1. The molecule has 0 aliphatic carbocycles. The van der Waals surface area contributed by atoms with E-state index in [1.54, 1.807) is 6.07 Å². The van der Waals surface area contributed by atoms with Crippen molar-refractivity contribution >= 4 is 22.7 Å². The minimum Gasteiger partial charge on any atom is -0.507 e. The molecule has 1 N–H and O–H groups in total. The number of phenolic OH excluding ortho intramolecular Hbond substituents is 1. The minimum absolute atomic E-state index is 0.206. The molecule has 1 aliphatic heterocycles. The number of rotatable bonds is 8. The smallest absolute Gasteiger partial charge is 0.148 e. The van der Waals surface area contributed by atoms with Gasteiger partial charge in [0.2, 0.25) is 0 Å². The summed E-state index contributed by atoms with van der Waals surface area (Å²) in [5.74, 6) is 1.41. The van der Waals surface area contributed by atoms with Crippen LogP contribution in [0.25, 0.3) is 39.5 Å². The summed E-state index contributed by atoms with van der Waals surface area (Å²) in [5, 5.41) is 11.2. The maximum absolute atomic E-state index is 11.2. The normalized spacial score (nSPS) is 12.6. The van der Waals surface area contributed by atoms with Crippen LogP contribution >= 0.6 is 0 Å². The van der Waals surface area contributed by atoms with Gasteiger partial charge in [-0.2, -0.15) is 0 Å². The number of aromatic hydroxyl groups is 1. The highest BCUT2D eigenvalue weighted by atomic mass is 16.3. The van der Waals surface area contributed by atoms with Gasteiger partial charge in [-0.25, -0.2) is 4.98 Å². The van der Waals surface area contributed by atoms with Crippen LogP contribution in [0.5, 0.6) is 5.75 Å². The lowest BCUT2D eigenvalue weighted by atomic mass is 9.88. The first-order valence-electron chi connectivity index (χ1n) is 17.8. The van der Waals surface area contributed by atoms with Crippen molar-refractivity contribution in [1.82, 2.24) is 9.55 Å². The molecule has 5 heteroatoms. The lowest BCUT2D eigenvalue weighted by Crippen LogP contribution is -2.23. The topological polar surface area (TPSA) is 44.5 Å². The SMILES string of the molecule is CC(C)c1cc(-c2ccccc2)cc(C(C)C)c1-n1cc(-c2cccc(N3CN(c4ccccc4)c4ccccc43)c2)nc1-c1ccccc1O. The molecule has 0 saturated carbocycles. The zero-order chi connectivity index (χ0) is 35.1. The Kier molecular flexibility index (Phi) is 8.40. The molecule has 0 radical (unpaired) electrons. The standard InChI is InChI=1S/C46H42N4O/c1-31(2)39-27-35(33-16-7-5-8-17-33)28-40(32(3)4)45(39)48-29-41(47-46(48)38-22-11-14-25-44(38)51)34-18-15-21-37(26-34)50-30-49(36-19-9-6-10-20-36)42-23-12-13-24-43(42)50/h5-29,31-32,51H,30H2,1-4H3. The van der Waals surface area contributed by atoms with Gasteiger partial charge in [0.15, 0.2) is 0 Å². The van der Waals surface area contributed by atoms with Gasteiger partial charge in [0.25, 0.3) is 0 Å². The molecule has 5 nitrogen and oxygen atoms in total. The number of hydrogen-bond acceptors (Lipinski definition) is 4. The predicted octanol–water partition coefficient (Wildman–Crippen LogP) is 12.1. The van der Waals surface area contributed by atoms with Gasteiger partial charge in [-0.15, -0.1) is 0 Å². The van der Waals surface area contributed by atoms with E-state index in [1.165, 1.54) is 33.6 Å². The Morgan fingerprint density at radius 3 is 1.75 bits per heavy atom. The molecule has 252 valence electrons. The molecule has 8 rings (SSSR count). The van der Waals surface area contributed by atoms with Crippen LogP contribution in [0.3, 0.4) is 0 Å². The highest BCUT2D eigenvalue weighted by Gasteiger charge is 2.28. The zero-order valence-corrected chi connectivity index (χ0v) is 29.5. The summed E-state index contributed by atoms with van der Waals surface area (Å²) >= 11 is 0. The number of nitrogens with zero attached hydrogens (tertiary/aromatic N) is 4. The van der Waals surface area contributed by atoms with Gasteiger partial charge < -0.3 is 14.9 Å². The average molecular weight is 667 g/mol. The fraction of sp³-hybridized carbons (Fsp3) is 0.152. The Morgan fingerprint density at radius 2 is 1.10 bits per heavy atom. The average Bonchev–Trinajstić information content (AvgIpc) is 3.78. The lowest BCUT2D eigenvalue weighted by Gasteiger charge is -2.24. The van der Waals surface area contributed by atoms with Crippen LogP contribution in [0, 0.1) is 0 Å². The van der Waals surface area contributed by atoms with E-state index in [2.05, 4.69) is 170 Å². The molecule has 1 aromatic heterocycles. The van der Waals surface area contributed by atoms with Crippen molar-refractivity contribution in [3.05, 3.63) is 163 Å². The van der Waals surface area contributed by atoms with Crippen LogP contribution in [0.1, 0.15) is 50.7 Å². The van der Waals surface area contributed by atoms with E-state index >= 15 is 0 Å². The summed E-state index contributed by atoms with van der Waals surface area (Å²) in [6, 6.07) is 50.6. The monoisotopic (exact) mass is 666 g/mol. The maximum Gasteiger partial charge on any atom is 0.148 e. The molecular formula is C46H42N4O. The van der Waals surface area contributed by atoms with Gasteiger partial charge >= 0.3 is 0 Å². The number of benzene rings is 6. The summed E-state index contributed by atoms with van der Waals surface area (Å²) in [5.41, 5.74) is 13.2. The van der Waals surface area contributed by atoms with Gasteiger partial charge in [-0.1, -0.05) is 113 Å². The number of anilines is 4. The Bertz CT molecular complexity index is 2290. The molecule has 0 unspecified atom stereocenters. The largest absolute Gasteiger partial charge is 0.507 e. The van der Waals surface area contributed by atoms with Crippen LogP contribution in [0.15, 0.2) is 152 Å². The van der Waals surface area contributed by atoms with Gasteiger partial charge in [0.05, 0.1) is 28.3 Å². The third-order valence-corrected chi connectivity index (χ3v) is 9.88. The molecule has 0 saturated heterocycles. The Balaban J connectivity index is 1.29. The van der Waals surface area contributed by atoms with Gasteiger partial charge in [-0.05, 0) is 94.8 Å². The number of imidazole rings is 1. The quantitative estimate of drug-likeness (QED) is 0.175. The van der Waals surface area contributed by atoms with Crippen molar-refractivity contribution < 1.29 is 5.11 Å². The first-order valence-corrected chi connectivity index (χ1v) is 17.8. The van der Waals surface area contributed by atoms with E-state index in [0.29, 0.717) is 18.1 Å². The second-order valence-corrected chi connectivity index (χ2v) is 13.9. The molecule has 0 amide bonds.